The fourth-order valence-corrected chi connectivity index (χ4v) is 4.70. The third kappa shape index (κ3) is 4.80. The van der Waals surface area contributed by atoms with Crippen molar-refractivity contribution in [1.29, 1.82) is 0 Å². The summed E-state index contributed by atoms with van der Waals surface area (Å²) >= 11 is 0. The minimum atomic E-state index is -4.49. The first kappa shape index (κ1) is 24.6. The number of benzene rings is 1. The second-order valence-corrected chi connectivity index (χ2v) is 9.05. The van der Waals surface area contributed by atoms with E-state index in [0.29, 0.717) is 54.4 Å². The highest BCUT2D eigenvalue weighted by molar-refractivity contribution is 6.00. The number of aryl methyl sites for hydroxylation is 1. The number of alkyl halides is 3. The zero-order valence-electron chi connectivity index (χ0n) is 20.7. The molecule has 4 aromatic heterocycles. The highest BCUT2D eigenvalue weighted by Crippen LogP contribution is 2.31. The van der Waals surface area contributed by atoms with E-state index in [9.17, 15) is 18.0 Å². The van der Waals surface area contributed by atoms with Crippen LogP contribution >= 0.6 is 0 Å². The third-order valence-corrected chi connectivity index (χ3v) is 6.47. The lowest BCUT2D eigenvalue weighted by Crippen LogP contribution is -2.42. The van der Waals surface area contributed by atoms with Crippen LogP contribution in [-0.4, -0.2) is 78.0 Å². The molecule has 1 aliphatic heterocycles. The fraction of sp³-hybridized carbons (Fsp3) is 0.280. The first-order valence-corrected chi connectivity index (χ1v) is 12.1. The molecule has 0 radical (unpaired) electrons. The van der Waals surface area contributed by atoms with Crippen LogP contribution < -0.4 is 10.1 Å². The number of anilines is 1. The summed E-state index contributed by atoms with van der Waals surface area (Å²) < 4.78 is 44.7. The fourth-order valence-electron chi connectivity index (χ4n) is 4.70. The number of aromatic nitrogens is 7. The molecule has 1 amide bonds. The lowest BCUT2D eigenvalue weighted by Gasteiger charge is -2.29. The average molecular weight is 538 g/mol. The molecule has 5 heterocycles. The minimum Gasteiger partial charge on any atom is -0.468 e. The lowest BCUT2D eigenvalue weighted by molar-refractivity contribution is -0.153. The molecule has 5 aromatic rings. The molecule has 1 N–H and O–H groups in total. The Hall–Kier alpha value is -4.75. The molecule has 0 unspecified atom stereocenters. The molecule has 0 saturated carbocycles. The Labute approximate surface area is 219 Å². The van der Waals surface area contributed by atoms with Gasteiger partial charge in [-0.3, -0.25) is 4.79 Å². The van der Waals surface area contributed by atoms with Crippen LogP contribution in [0.2, 0.25) is 0 Å². The summed E-state index contributed by atoms with van der Waals surface area (Å²) in [6.07, 6.45) is -1.40. The number of halogens is 3. The number of pyridine rings is 2. The van der Waals surface area contributed by atoms with Crippen LogP contribution in [0.25, 0.3) is 33.1 Å². The number of carbonyl (C=O) groups excluding carboxylic acids is 1. The van der Waals surface area contributed by atoms with E-state index in [2.05, 4.69) is 30.7 Å². The van der Waals surface area contributed by atoms with Crippen LogP contribution in [0.3, 0.4) is 0 Å². The largest absolute Gasteiger partial charge is 0.468 e. The maximum Gasteiger partial charge on any atom is 0.422 e. The molecule has 11 nitrogen and oxygen atoms in total. The smallest absolute Gasteiger partial charge is 0.422 e. The summed E-state index contributed by atoms with van der Waals surface area (Å²) in [5.74, 6) is 0.800. The van der Waals surface area contributed by atoms with E-state index in [1.807, 2.05) is 24.3 Å². The Kier molecular flexibility index (Phi) is 6.00. The zero-order chi connectivity index (χ0) is 27.1. The second-order valence-electron chi connectivity index (χ2n) is 9.05. The molecular weight excluding hydrogens is 515 g/mol. The topological polar surface area (TPSA) is 116 Å². The Bertz CT molecular complexity index is 1700. The number of rotatable bonds is 7. The van der Waals surface area contributed by atoms with E-state index in [1.165, 1.54) is 11.0 Å². The van der Waals surface area contributed by atoms with Crippen LogP contribution in [-0.2, 0) is 13.6 Å². The van der Waals surface area contributed by atoms with E-state index in [-0.39, 0.29) is 11.8 Å². The molecule has 14 heteroatoms. The van der Waals surface area contributed by atoms with Gasteiger partial charge in [-0.1, -0.05) is 12.1 Å². The van der Waals surface area contributed by atoms with Crippen molar-refractivity contribution in [3.8, 4) is 17.3 Å². The number of carbonyl (C=O) groups is 1. The first-order chi connectivity index (χ1) is 18.8. The van der Waals surface area contributed by atoms with Gasteiger partial charge in [0.05, 0.1) is 18.0 Å². The second kappa shape index (κ2) is 9.53. The van der Waals surface area contributed by atoms with Gasteiger partial charge in [-0.05, 0) is 34.9 Å². The van der Waals surface area contributed by atoms with Gasteiger partial charge in [0.1, 0.15) is 11.5 Å². The van der Waals surface area contributed by atoms with Crippen LogP contribution in [0.1, 0.15) is 10.5 Å². The molecule has 1 aliphatic rings. The lowest BCUT2D eigenvalue weighted by atomic mass is 10.1. The number of tetrazole rings is 1. The van der Waals surface area contributed by atoms with Gasteiger partial charge < -0.3 is 19.5 Å². The van der Waals surface area contributed by atoms with E-state index in [0.717, 1.165) is 16.3 Å². The van der Waals surface area contributed by atoms with E-state index in [4.69, 9.17) is 4.74 Å². The maximum atomic E-state index is 13.3. The molecule has 1 aromatic carbocycles. The number of ether oxygens (including phenoxy) is 1. The van der Waals surface area contributed by atoms with Crippen LogP contribution in [0.5, 0.6) is 5.88 Å². The minimum absolute atomic E-state index is 0.147. The number of fused-ring (bicyclic) bond motifs is 4. The van der Waals surface area contributed by atoms with Gasteiger partial charge in [-0.15, -0.1) is 10.2 Å². The summed E-state index contributed by atoms with van der Waals surface area (Å²) in [6, 6.07) is 10.9. The number of amides is 1. The molecule has 200 valence electrons. The summed E-state index contributed by atoms with van der Waals surface area (Å²) in [4.78, 5) is 24.8. The Morgan fingerprint density at radius 2 is 1.90 bits per heavy atom. The molecule has 0 aliphatic carbocycles. The monoisotopic (exact) mass is 537 g/mol. The molecule has 0 fully saturated rings. The van der Waals surface area contributed by atoms with Crippen molar-refractivity contribution in [3.05, 3.63) is 54.5 Å². The third-order valence-electron chi connectivity index (χ3n) is 6.47. The molecule has 0 spiro atoms. The van der Waals surface area contributed by atoms with E-state index < -0.39 is 12.8 Å². The van der Waals surface area contributed by atoms with Crippen LogP contribution in [0.15, 0.2) is 48.8 Å². The molecular formula is C25H22F3N9O2. The van der Waals surface area contributed by atoms with Crippen LogP contribution in [0, 0.1) is 0 Å². The van der Waals surface area contributed by atoms with Crippen molar-refractivity contribution in [2.45, 2.75) is 12.7 Å². The summed E-state index contributed by atoms with van der Waals surface area (Å²) in [6.45, 7) is 0.329. The Morgan fingerprint density at radius 1 is 1.05 bits per heavy atom. The SMILES string of the molecule is Cn1nnc(-c2ccc3ccnc(NCCN4CCn5c(cc6c(OCC(F)(F)F)nccc65)C4=O)c3c2)n1. The van der Waals surface area contributed by atoms with E-state index in [1.54, 1.807) is 34.8 Å². The molecule has 0 bridgehead atoms. The van der Waals surface area contributed by atoms with Crippen molar-refractivity contribution in [2.24, 2.45) is 7.05 Å². The molecule has 0 atom stereocenters. The highest BCUT2D eigenvalue weighted by atomic mass is 19.4. The first-order valence-electron chi connectivity index (χ1n) is 12.1. The highest BCUT2D eigenvalue weighted by Gasteiger charge is 2.31. The molecule has 0 saturated heterocycles. The van der Waals surface area contributed by atoms with Gasteiger partial charge in [0.25, 0.3) is 5.91 Å². The number of nitrogens with zero attached hydrogens (tertiary/aromatic N) is 8. The molecule has 39 heavy (non-hydrogen) atoms. The quantitative estimate of drug-likeness (QED) is 0.336. The van der Waals surface area contributed by atoms with Gasteiger partial charge in [0, 0.05) is 49.5 Å². The number of hydrogen-bond donors (Lipinski definition) is 1. The van der Waals surface area contributed by atoms with Gasteiger partial charge in [-0.2, -0.15) is 18.0 Å². The van der Waals surface area contributed by atoms with Gasteiger partial charge in [0.2, 0.25) is 11.7 Å². The van der Waals surface area contributed by atoms with Crippen molar-refractivity contribution in [2.75, 3.05) is 31.6 Å². The average Bonchev–Trinajstić information content (AvgIpc) is 3.52. The van der Waals surface area contributed by atoms with E-state index >= 15 is 0 Å². The van der Waals surface area contributed by atoms with Crippen LogP contribution in [0.4, 0.5) is 19.0 Å². The predicted octanol–water partition coefficient (Wildman–Crippen LogP) is 3.28. The summed E-state index contributed by atoms with van der Waals surface area (Å²) in [5.41, 5.74) is 1.79. The Balaban J connectivity index is 1.18. The van der Waals surface area contributed by atoms with Crippen molar-refractivity contribution >= 4 is 33.4 Å². The van der Waals surface area contributed by atoms with Gasteiger partial charge >= 0.3 is 6.18 Å². The standard InChI is InChI=1S/C25H22F3N9O2/c1-35-33-21(32-34-35)16-3-2-15-4-6-29-22(17(15)12-16)30-8-9-36-10-11-37-19-5-7-31-23(39-14-25(26,27)28)18(19)13-20(37)24(36)38/h2-7,12-13H,8-11,14H2,1H3,(H,29,30). The number of hydrogen-bond acceptors (Lipinski definition) is 8. The number of nitrogens with one attached hydrogen (secondary N) is 1. The Morgan fingerprint density at radius 3 is 2.69 bits per heavy atom. The molecule has 6 rings (SSSR count). The summed E-state index contributed by atoms with van der Waals surface area (Å²) in [5, 5.41) is 17.8. The predicted molar refractivity (Wildman–Crippen MR) is 135 cm³/mol. The van der Waals surface area contributed by atoms with Crippen molar-refractivity contribution in [1.82, 2.24) is 39.6 Å². The summed E-state index contributed by atoms with van der Waals surface area (Å²) in [7, 11) is 1.70. The van der Waals surface area contributed by atoms with Crippen molar-refractivity contribution < 1.29 is 22.7 Å². The normalized spacial score (nSPS) is 13.7. The van der Waals surface area contributed by atoms with Gasteiger partial charge in [0.15, 0.2) is 6.61 Å². The zero-order valence-corrected chi connectivity index (χ0v) is 20.7. The van der Waals surface area contributed by atoms with Gasteiger partial charge in [-0.25, -0.2) is 9.97 Å². The maximum absolute atomic E-state index is 13.3. The van der Waals surface area contributed by atoms with Crippen molar-refractivity contribution in [3.63, 3.8) is 0 Å².